The highest BCUT2D eigenvalue weighted by Gasteiger charge is 2.30. The Kier molecular flexibility index (Phi) is 4.31. The van der Waals surface area contributed by atoms with Crippen LogP contribution in [0.25, 0.3) is 16.6 Å². The first-order chi connectivity index (χ1) is 14.6. The molecule has 7 heteroatoms. The van der Waals surface area contributed by atoms with Gasteiger partial charge in [-0.1, -0.05) is 6.07 Å². The molecule has 0 bridgehead atoms. The zero-order valence-electron chi connectivity index (χ0n) is 16.8. The highest BCUT2D eigenvalue weighted by Crippen LogP contribution is 2.42. The van der Waals surface area contributed by atoms with Crippen molar-refractivity contribution in [3.05, 3.63) is 76.0 Å². The normalized spacial score (nSPS) is 13.7. The number of rotatable bonds is 5. The van der Waals surface area contributed by atoms with Crippen LogP contribution in [0.2, 0.25) is 0 Å². The fourth-order valence-electron chi connectivity index (χ4n) is 4.00. The van der Waals surface area contributed by atoms with E-state index >= 15 is 0 Å². The molecule has 152 valence electrons. The predicted octanol–water partition coefficient (Wildman–Crippen LogP) is 3.66. The van der Waals surface area contributed by atoms with E-state index in [0.717, 1.165) is 29.4 Å². The Morgan fingerprint density at radius 1 is 1.20 bits per heavy atom. The van der Waals surface area contributed by atoms with Gasteiger partial charge in [-0.05, 0) is 50.1 Å². The monoisotopic (exact) mass is 403 g/mol. The number of hydrogen-bond donors (Lipinski definition) is 0. The number of methoxy groups -OCH3 is 1. The number of benzene rings is 1. The summed E-state index contributed by atoms with van der Waals surface area (Å²) in [6.07, 6.45) is 3.87. The molecular weight excluding hydrogens is 382 g/mol. The number of esters is 1. The van der Waals surface area contributed by atoms with Crippen LogP contribution in [0, 0.1) is 6.92 Å². The molecule has 0 spiro atoms. The number of hydrogen-bond acceptors (Lipinski definition) is 5. The van der Waals surface area contributed by atoms with Crippen LogP contribution in [0.5, 0.6) is 5.75 Å². The average Bonchev–Trinajstić information content (AvgIpc) is 3.54. The molecule has 0 unspecified atom stereocenters. The van der Waals surface area contributed by atoms with E-state index in [1.807, 2.05) is 25.1 Å². The minimum absolute atomic E-state index is 0.0705. The van der Waals surface area contributed by atoms with Crippen LogP contribution in [-0.4, -0.2) is 27.0 Å². The molecule has 30 heavy (non-hydrogen) atoms. The number of carbonyl (C=O) groups excluding carboxylic acids is 1. The summed E-state index contributed by atoms with van der Waals surface area (Å²) in [6.45, 7) is 1.88. The molecule has 3 heterocycles. The van der Waals surface area contributed by atoms with E-state index in [1.54, 1.807) is 31.5 Å². The zero-order chi connectivity index (χ0) is 20.8. The maximum Gasteiger partial charge on any atom is 0.340 e. The Morgan fingerprint density at radius 2 is 2.03 bits per heavy atom. The molecule has 1 aliphatic rings. The molecule has 3 aromatic heterocycles. The van der Waals surface area contributed by atoms with Crippen molar-refractivity contribution in [3.63, 3.8) is 0 Å². The molecule has 0 radical (unpaired) electrons. The van der Waals surface area contributed by atoms with Crippen molar-refractivity contribution in [3.8, 4) is 5.75 Å². The number of ether oxygens (including phenoxy) is 2. The van der Waals surface area contributed by atoms with Crippen molar-refractivity contribution in [1.29, 1.82) is 0 Å². The van der Waals surface area contributed by atoms with Crippen molar-refractivity contribution in [2.45, 2.75) is 32.4 Å². The molecule has 4 aromatic rings. The molecule has 1 fully saturated rings. The number of pyridine rings is 1. The minimum atomic E-state index is -0.430. The quantitative estimate of drug-likeness (QED) is 0.476. The summed E-state index contributed by atoms with van der Waals surface area (Å²) < 4.78 is 14.6. The summed E-state index contributed by atoms with van der Waals surface area (Å²) in [4.78, 5) is 29.8. The Labute approximate surface area is 172 Å². The fourth-order valence-corrected chi connectivity index (χ4v) is 4.00. The lowest BCUT2D eigenvalue weighted by molar-refractivity contribution is 0.0469. The standard InChI is InChI=1S/C23H21N3O4/c1-14-22(18-12-17(29-2)8-9-19(18)26(14)16-6-7-16)23(28)30-13-15-11-21(27)25-10-4-3-5-20(25)24-15/h3-5,8-12,16H,6-7,13H2,1-2H3. The van der Waals surface area contributed by atoms with E-state index in [0.29, 0.717) is 28.7 Å². The Bertz CT molecular complexity index is 1350. The van der Waals surface area contributed by atoms with Gasteiger partial charge in [0, 0.05) is 34.9 Å². The third-order valence-corrected chi connectivity index (χ3v) is 5.55. The average molecular weight is 403 g/mol. The second-order valence-corrected chi connectivity index (χ2v) is 7.54. The van der Waals surface area contributed by atoms with Crippen LogP contribution < -0.4 is 10.3 Å². The number of carbonyl (C=O) groups is 1. The molecule has 0 atom stereocenters. The van der Waals surface area contributed by atoms with Crippen LogP contribution in [-0.2, 0) is 11.3 Å². The molecule has 5 rings (SSSR count). The van der Waals surface area contributed by atoms with Gasteiger partial charge in [0.1, 0.15) is 18.0 Å². The summed E-state index contributed by atoms with van der Waals surface area (Å²) in [5.74, 6) is 0.258. The minimum Gasteiger partial charge on any atom is -0.497 e. The molecule has 0 saturated heterocycles. The first-order valence-corrected chi connectivity index (χ1v) is 9.90. The summed E-state index contributed by atoms with van der Waals surface area (Å²) in [5, 5.41) is 0.815. The molecule has 1 aliphatic carbocycles. The van der Waals surface area contributed by atoms with Crippen LogP contribution >= 0.6 is 0 Å². The lowest BCUT2D eigenvalue weighted by atomic mass is 10.1. The van der Waals surface area contributed by atoms with Gasteiger partial charge in [-0.15, -0.1) is 0 Å². The van der Waals surface area contributed by atoms with Crippen molar-refractivity contribution in [2.24, 2.45) is 0 Å². The summed E-state index contributed by atoms with van der Waals surface area (Å²) in [7, 11) is 1.60. The SMILES string of the molecule is COc1ccc2c(c1)c(C(=O)OCc1cc(=O)n3ccccc3n1)c(C)n2C1CC1. The first-order valence-electron chi connectivity index (χ1n) is 9.90. The third-order valence-electron chi connectivity index (χ3n) is 5.55. The van der Waals surface area contributed by atoms with Gasteiger partial charge in [0.15, 0.2) is 0 Å². The second-order valence-electron chi connectivity index (χ2n) is 7.54. The van der Waals surface area contributed by atoms with E-state index < -0.39 is 5.97 Å². The summed E-state index contributed by atoms with van der Waals surface area (Å²) in [5.41, 5.74) is 3.15. The van der Waals surface area contributed by atoms with Gasteiger partial charge < -0.3 is 14.0 Å². The molecule has 1 saturated carbocycles. The highest BCUT2D eigenvalue weighted by molar-refractivity contribution is 6.06. The molecule has 0 aliphatic heterocycles. The van der Waals surface area contributed by atoms with E-state index in [9.17, 15) is 9.59 Å². The smallest absolute Gasteiger partial charge is 0.340 e. The summed E-state index contributed by atoms with van der Waals surface area (Å²) in [6, 6.07) is 12.9. The number of fused-ring (bicyclic) bond motifs is 2. The topological polar surface area (TPSA) is 74.8 Å². The Balaban J connectivity index is 1.49. The molecule has 0 N–H and O–H groups in total. The summed E-state index contributed by atoms with van der Waals surface area (Å²) >= 11 is 0. The maximum absolute atomic E-state index is 13.1. The molecular formula is C23H21N3O4. The van der Waals surface area contributed by atoms with Crippen molar-refractivity contribution in [1.82, 2.24) is 14.0 Å². The van der Waals surface area contributed by atoms with E-state index in [1.165, 1.54) is 10.5 Å². The third kappa shape index (κ3) is 3.03. The van der Waals surface area contributed by atoms with Gasteiger partial charge in [0.25, 0.3) is 5.56 Å². The highest BCUT2D eigenvalue weighted by atomic mass is 16.5. The van der Waals surface area contributed by atoms with Gasteiger partial charge >= 0.3 is 5.97 Å². The second kappa shape index (κ2) is 7.02. The van der Waals surface area contributed by atoms with Crippen LogP contribution in [0.1, 0.15) is 40.6 Å². The number of nitrogens with zero attached hydrogens (tertiary/aromatic N) is 3. The van der Waals surface area contributed by atoms with Crippen molar-refractivity contribution < 1.29 is 14.3 Å². The van der Waals surface area contributed by atoms with Gasteiger partial charge in [0.05, 0.1) is 18.4 Å². The zero-order valence-corrected chi connectivity index (χ0v) is 16.8. The van der Waals surface area contributed by atoms with Gasteiger partial charge in [-0.3, -0.25) is 9.20 Å². The van der Waals surface area contributed by atoms with Gasteiger partial charge in [-0.2, -0.15) is 0 Å². The lowest BCUT2D eigenvalue weighted by Gasteiger charge is -2.08. The predicted molar refractivity (Wildman–Crippen MR) is 112 cm³/mol. The van der Waals surface area contributed by atoms with Crippen LogP contribution in [0.4, 0.5) is 0 Å². The Hall–Kier alpha value is -3.61. The van der Waals surface area contributed by atoms with E-state index in [2.05, 4.69) is 9.55 Å². The molecule has 7 nitrogen and oxygen atoms in total. The molecule has 1 aromatic carbocycles. The van der Waals surface area contributed by atoms with E-state index in [4.69, 9.17) is 9.47 Å². The number of aromatic nitrogens is 3. The van der Waals surface area contributed by atoms with Crippen molar-refractivity contribution >= 4 is 22.5 Å². The molecule has 0 amide bonds. The lowest BCUT2D eigenvalue weighted by Crippen LogP contribution is -2.16. The fraction of sp³-hybridized carbons (Fsp3) is 0.261. The Morgan fingerprint density at radius 3 is 2.80 bits per heavy atom. The van der Waals surface area contributed by atoms with Gasteiger partial charge in [0.2, 0.25) is 0 Å². The van der Waals surface area contributed by atoms with E-state index in [-0.39, 0.29) is 12.2 Å². The van der Waals surface area contributed by atoms with Crippen LogP contribution in [0.15, 0.2) is 53.5 Å². The maximum atomic E-state index is 13.1. The van der Waals surface area contributed by atoms with Crippen LogP contribution in [0.3, 0.4) is 0 Å². The first kappa shape index (κ1) is 18.4. The van der Waals surface area contributed by atoms with Crippen molar-refractivity contribution in [2.75, 3.05) is 7.11 Å². The largest absolute Gasteiger partial charge is 0.497 e. The van der Waals surface area contributed by atoms with Gasteiger partial charge in [-0.25, -0.2) is 9.78 Å².